The van der Waals surface area contributed by atoms with E-state index < -0.39 is 0 Å². The van der Waals surface area contributed by atoms with Crippen molar-refractivity contribution >= 4 is 12.2 Å². The van der Waals surface area contributed by atoms with Crippen molar-refractivity contribution in [3.63, 3.8) is 0 Å². The summed E-state index contributed by atoms with van der Waals surface area (Å²) in [5.41, 5.74) is 1.44. The number of aromatic nitrogens is 2. The molecule has 0 saturated carbocycles. The van der Waals surface area contributed by atoms with Crippen LogP contribution in [0.5, 0.6) is 5.75 Å². The van der Waals surface area contributed by atoms with E-state index >= 15 is 0 Å². The Morgan fingerprint density at radius 3 is 2.59 bits per heavy atom. The van der Waals surface area contributed by atoms with Crippen molar-refractivity contribution in [2.75, 3.05) is 0 Å². The minimum absolute atomic E-state index is 0.164. The Labute approximate surface area is 98.3 Å². The molecule has 2 N–H and O–H groups in total. The first-order chi connectivity index (χ1) is 8.13. The molecule has 0 fully saturated rings. The normalized spacial score (nSPS) is 10.9. The van der Waals surface area contributed by atoms with Gasteiger partial charge in [0.1, 0.15) is 11.6 Å². The second kappa shape index (κ2) is 4.65. The number of rotatable bonds is 2. The van der Waals surface area contributed by atoms with Crippen LogP contribution in [0, 0.1) is 6.92 Å². The number of aromatic amines is 1. The van der Waals surface area contributed by atoms with Gasteiger partial charge >= 0.3 is 0 Å². The smallest absolute Gasteiger partial charge is 0.251 e. The fourth-order valence-electron chi connectivity index (χ4n) is 1.44. The number of phenols is 1. The molecule has 17 heavy (non-hydrogen) atoms. The number of phenolic OH excluding ortho intramolecular Hbond substituents is 1. The lowest BCUT2D eigenvalue weighted by atomic mass is 10.2. The summed E-state index contributed by atoms with van der Waals surface area (Å²) in [7, 11) is 0. The quantitative estimate of drug-likeness (QED) is 0.825. The van der Waals surface area contributed by atoms with Gasteiger partial charge in [0.25, 0.3) is 5.56 Å². The van der Waals surface area contributed by atoms with Crippen LogP contribution >= 0.6 is 0 Å². The molecule has 1 aromatic heterocycles. The zero-order valence-electron chi connectivity index (χ0n) is 9.34. The molecule has 0 bridgehead atoms. The van der Waals surface area contributed by atoms with Crippen molar-refractivity contribution < 1.29 is 5.11 Å². The number of aromatic hydroxyl groups is 1. The van der Waals surface area contributed by atoms with Crippen LogP contribution < -0.4 is 5.56 Å². The lowest BCUT2D eigenvalue weighted by molar-refractivity contribution is 0.475. The molecule has 1 heterocycles. The number of hydrogen-bond acceptors (Lipinski definition) is 3. The Hall–Kier alpha value is -2.36. The fourth-order valence-corrected chi connectivity index (χ4v) is 1.44. The van der Waals surface area contributed by atoms with E-state index in [-0.39, 0.29) is 11.3 Å². The largest absolute Gasteiger partial charge is 0.508 e. The summed E-state index contributed by atoms with van der Waals surface area (Å²) in [6.07, 6.45) is 3.54. The maximum atomic E-state index is 11.2. The van der Waals surface area contributed by atoms with Crippen molar-refractivity contribution in [2.24, 2.45) is 0 Å². The molecule has 2 rings (SSSR count). The first kappa shape index (κ1) is 11.1. The van der Waals surface area contributed by atoms with Gasteiger partial charge in [-0.15, -0.1) is 0 Å². The number of H-pyrrole nitrogens is 1. The highest BCUT2D eigenvalue weighted by atomic mass is 16.3. The molecular weight excluding hydrogens is 216 g/mol. The topological polar surface area (TPSA) is 66.0 Å². The van der Waals surface area contributed by atoms with Gasteiger partial charge in [-0.25, -0.2) is 4.98 Å². The molecule has 0 radical (unpaired) electrons. The van der Waals surface area contributed by atoms with Crippen LogP contribution in [0.25, 0.3) is 12.2 Å². The molecule has 0 spiro atoms. The maximum absolute atomic E-state index is 11.2. The van der Waals surface area contributed by atoms with Crippen LogP contribution in [0.1, 0.15) is 17.1 Å². The van der Waals surface area contributed by atoms with Crippen molar-refractivity contribution in [3.05, 3.63) is 57.8 Å². The highest BCUT2D eigenvalue weighted by Crippen LogP contribution is 2.11. The van der Waals surface area contributed by atoms with E-state index in [1.165, 1.54) is 6.07 Å². The summed E-state index contributed by atoms with van der Waals surface area (Å²) >= 11 is 0. The van der Waals surface area contributed by atoms with E-state index in [2.05, 4.69) is 9.97 Å². The lowest BCUT2D eigenvalue weighted by Crippen LogP contribution is -2.08. The fraction of sp³-hybridized carbons (Fsp3) is 0.0769. The van der Waals surface area contributed by atoms with Crippen molar-refractivity contribution in [3.8, 4) is 5.75 Å². The second-order valence-electron chi connectivity index (χ2n) is 3.70. The molecule has 0 aliphatic carbocycles. The van der Waals surface area contributed by atoms with E-state index in [0.717, 1.165) is 5.56 Å². The number of nitrogens with one attached hydrogen (secondary N) is 1. The van der Waals surface area contributed by atoms with Crippen molar-refractivity contribution in [1.29, 1.82) is 0 Å². The van der Waals surface area contributed by atoms with Crippen molar-refractivity contribution in [2.45, 2.75) is 6.92 Å². The Balaban J connectivity index is 2.25. The molecule has 0 aliphatic heterocycles. The number of aryl methyl sites for hydroxylation is 1. The molecule has 4 heteroatoms. The maximum Gasteiger partial charge on any atom is 0.251 e. The Bertz CT molecular complexity index is 598. The van der Waals surface area contributed by atoms with E-state index in [0.29, 0.717) is 11.5 Å². The highest BCUT2D eigenvalue weighted by Gasteiger charge is 1.94. The highest BCUT2D eigenvalue weighted by molar-refractivity contribution is 5.66. The van der Waals surface area contributed by atoms with Gasteiger partial charge in [-0.1, -0.05) is 18.2 Å². The van der Waals surface area contributed by atoms with E-state index in [4.69, 9.17) is 5.11 Å². The first-order valence-electron chi connectivity index (χ1n) is 5.18. The van der Waals surface area contributed by atoms with Crippen LogP contribution in [-0.4, -0.2) is 15.1 Å². The van der Waals surface area contributed by atoms with Crippen molar-refractivity contribution in [1.82, 2.24) is 9.97 Å². The molecule has 0 saturated heterocycles. The Morgan fingerprint density at radius 2 is 1.94 bits per heavy atom. The van der Waals surface area contributed by atoms with Crippen LogP contribution in [0.3, 0.4) is 0 Å². The van der Waals surface area contributed by atoms with Crippen LogP contribution in [0.4, 0.5) is 0 Å². The molecule has 4 nitrogen and oxygen atoms in total. The predicted octanol–water partition coefficient (Wildman–Crippen LogP) is 1.95. The standard InChI is InChI=1S/C13H12N2O2/c1-9-8-13(17)15-12(14-9)7-4-10-2-5-11(16)6-3-10/h2-8,16H,1H3,(H,14,15,17)/b7-4+. The molecule has 0 aliphatic rings. The predicted molar refractivity (Wildman–Crippen MR) is 66.6 cm³/mol. The van der Waals surface area contributed by atoms with Gasteiger partial charge in [-0.2, -0.15) is 0 Å². The van der Waals surface area contributed by atoms with Gasteiger partial charge in [0.2, 0.25) is 0 Å². The zero-order chi connectivity index (χ0) is 12.3. The molecular formula is C13H12N2O2. The Morgan fingerprint density at radius 1 is 1.24 bits per heavy atom. The summed E-state index contributed by atoms with van der Waals surface area (Å²) in [4.78, 5) is 18.0. The van der Waals surface area contributed by atoms with Crippen LogP contribution in [0.2, 0.25) is 0 Å². The van der Waals surface area contributed by atoms with E-state index in [1.54, 1.807) is 37.3 Å². The van der Waals surface area contributed by atoms with Crippen LogP contribution in [0.15, 0.2) is 35.1 Å². The first-order valence-corrected chi connectivity index (χ1v) is 5.18. The van der Waals surface area contributed by atoms with E-state index in [9.17, 15) is 4.79 Å². The summed E-state index contributed by atoms with van der Waals surface area (Å²) in [5, 5.41) is 9.13. The molecule has 1 aromatic carbocycles. The van der Waals surface area contributed by atoms with E-state index in [1.807, 2.05) is 6.08 Å². The second-order valence-corrected chi connectivity index (χ2v) is 3.70. The van der Waals surface area contributed by atoms with Gasteiger partial charge in [0, 0.05) is 11.8 Å². The average molecular weight is 228 g/mol. The van der Waals surface area contributed by atoms with Gasteiger partial charge < -0.3 is 10.1 Å². The minimum Gasteiger partial charge on any atom is -0.508 e. The molecule has 0 atom stereocenters. The average Bonchev–Trinajstić information content (AvgIpc) is 2.27. The number of benzene rings is 1. The SMILES string of the molecule is Cc1cc(=O)[nH]c(/C=C/c2ccc(O)cc2)n1. The van der Waals surface area contributed by atoms with Gasteiger partial charge in [-0.05, 0) is 30.7 Å². The molecule has 0 amide bonds. The zero-order valence-corrected chi connectivity index (χ0v) is 9.34. The van der Waals surface area contributed by atoms with Gasteiger partial charge in [-0.3, -0.25) is 4.79 Å². The summed E-state index contributed by atoms with van der Waals surface area (Å²) in [6.45, 7) is 1.77. The van der Waals surface area contributed by atoms with Gasteiger partial charge in [0.15, 0.2) is 0 Å². The lowest BCUT2D eigenvalue weighted by Gasteiger charge is -1.96. The number of hydrogen-bond donors (Lipinski definition) is 2. The Kier molecular flexibility index (Phi) is 3.05. The third kappa shape index (κ3) is 3.04. The summed E-state index contributed by atoms with van der Waals surface area (Å²) in [6, 6.07) is 8.20. The summed E-state index contributed by atoms with van der Waals surface area (Å²) < 4.78 is 0. The van der Waals surface area contributed by atoms with Gasteiger partial charge in [0.05, 0.1) is 0 Å². The monoisotopic (exact) mass is 228 g/mol. The third-order valence-electron chi connectivity index (χ3n) is 2.21. The molecule has 2 aromatic rings. The van der Waals surface area contributed by atoms with Crippen LogP contribution in [-0.2, 0) is 0 Å². The molecule has 0 unspecified atom stereocenters. The minimum atomic E-state index is -0.164. The number of nitrogens with zero attached hydrogens (tertiary/aromatic N) is 1. The summed E-state index contributed by atoms with van der Waals surface area (Å²) in [5.74, 6) is 0.743. The third-order valence-corrected chi connectivity index (χ3v) is 2.21. The molecule has 86 valence electrons.